The number of imidazole rings is 1. The number of hydrogen-bond donors (Lipinski definition) is 3. The van der Waals surface area contributed by atoms with Crippen molar-refractivity contribution in [3.63, 3.8) is 0 Å². The normalized spacial score (nSPS) is 13.5. The van der Waals surface area contributed by atoms with Crippen molar-refractivity contribution in [2.75, 3.05) is 19.0 Å². The molecule has 1 aromatic heterocycles. The van der Waals surface area contributed by atoms with Crippen LogP contribution < -0.4 is 15.4 Å². The molecule has 6 nitrogen and oxygen atoms in total. The van der Waals surface area contributed by atoms with Crippen LogP contribution in [-0.2, 0) is 13.0 Å². The second kappa shape index (κ2) is 6.22. The maximum atomic E-state index is 12.8. The van der Waals surface area contributed by atoms with Gasteiger partial charge in [0.1, 0.15) is 5.75 Å². The molecule has 0 bridgehead atoms. The highest BCUT2D eigenvalue weighted by molar-refractivity contribution is 6.05. The molecule has 0 saturated heterocycles. The predicted molar refractivity (Wildman–Crippen MR) is 97.2 cm³/mol. The van der Waals surface area contributed by atoms with Gasteiger partial charge in [-0.1, -0.05) is 6.07 Å². The fourth-order valence-electron chi connectivity index (χ4n) is 3.34. The number of hydrogen-bond acceptors (Lipinski definition) is 4. The number of nitrogens with zero attached hydrogens (tertiary/aromatic N) is 1. The Bertz CT molecular complexity index is 961. The first-order valence-corrected chi connectivity index (χ1v) is 8.33. The molecular formula is C19H20N4O2. The van der Waals surface area contributed by atoms with E-state index in [1.807, 2.05) is 37.3 Å². The number of aromatic nitrogens is 2. The Kier molecular flexibility index (Phi) is 3.89. The molecule has 3 aromatic rings. The van der Waals surface area contributed by atoms with Gasteiger partial charge in [-0.3, -0.25) is 10.1 Å². The van der Waals surface area contributed by atoms with Gasteiger partial charge in [-0.25, -0.2) is 4.98 Å². The van der Waals surface area contributed by atoms with E-state index in [0.29, 0.717) is 18.1 Å². The number of fused-ring (bicyclic) bond motifs is 2. The van der Waals surface area contributed by atoms with E-state index >= 15 is 0 Å². The van der Waals surface area contributed by atoms with Gasteiger partial charge in [0.05, 0.1) is 18.1 Å². The minimum Gasteiger partial charge on any atom is -0.496 e. The number of rotatable bonds is 3. The number of aromatic amines is 1. The summed E-state index contributed by atoms with van der Waals surface area (Å²) in [5.74, 6) is 1.12. The van der Waals surface area contributed by atoms with E-state index in [0.717, 1.165) is 46.4 Å². The standard InChI is InChI=1S/C19H20N4O2/c1-11-3-5-15-16(9-11)22-19(21-15)23-18(24)13-4-6-17(25-2)14-10-20-8-7-12(13)14/h3-6,9,20H,7-8,10H2,1-2H3,(H2,21,22,23,24). The van der Waals surface area contributed by atoms with Gasteiger partial charge in [0, 0.05) is 17.7 Å². The maximum absolute atomic E-state index is 12.8. The van der Waals surface area contributed by atoms with Gasteiger partial charge in [0.15, 0.2) is 0 Å². The number of nitrogens with one attached hydrogen (secondary N) is 3. The second-order valence-electron chi connectivity index (χ2n) is 6.26. The van der Waals surface area contributed by atoms with Crippen LogP contribution in [0.3, 0.4) is 0 Å². The van der Waals surface area contributed by atoms with E-state index in [2.05, 4.69) is 20.6 Å². The molecule has 25 heavy (non-hydrogen) atoms. The summed E-state index contributed by atoms with van der Waals surface area (Å²) in [6.07, 6.45) is 0.800. The lowest BCUT2D eigenvalue weighted by molar-refractivity contribution is 0.102. The van der Waals surface area contributed by atoms with E-state index in [1.165, 1.54) is 0 Å². The van der Waals surface area contributed by atoms with Crippen LogP contribution in [0.25, 0.3) is 11.0 Å². The summed E-state index contributed by atoms with van der Waals surface area (Å²) < 4.78 is 5.43. The van der Waals surface area contributed by atoms with Crippen LogP contribution in [-0.4, -0.2) is 29.5 Å². The summed E-state index contributed by atoms with van der Waals surface area (Å²) in [7, 11) is 1.65. The van der Waals surface area contributed by atoms with E-state index in [4.69, 9.17) is 4.74 Å². The number of carbonyl (C=O) groups is 1. The summed E-state index contributed by atoms with van der Waals surface area (Å²) in [5, 5.41) is 6.21. The first kappa shape index (κ1) is 15.7. The Morgan fingerprint density at radius 3 is 2.96 bits per heavy atom. The van der Waals surface area contributed by atoms with Crippen molar-refractivity contribution in [2.24, 2.45) is 0 Å². The molecule has 0 fully saturated rings. The van der Waals surface area contributed by atoms with E-state index in [9.17, 15) is 4.79 Å². The molecule has 0 spiro atoms. The summed E-state index contributed by atoms with van der Waals surface area (Å²) in [5.41, 5.74) is 5.67. The summed E-state index contributed by atoms with van der Waals surface area (Å²) in [6.45, 7) is 3.59. The van der Waals surface area contributed by atoms with Gasteiger partial charge < -0.3 is 15.0 Å². The zero-order valence-electron chi connectivity index (χ0n) is 14.3. The van der Waals surface area contributed by atoms with Crippen molar-refractivity contribution in [3.05, 3.63) is 52.6 Å². The molecule has 3 N–H and O–H groups in total. The second-order valence-corrected chi connectivity index (χ2v) is 6.26. The summed E-state index contributed by atoms with van der Waals surface area (Å²) in [4.78, 5) is 20.4. The lowest BCUT2D eigenvalue weighted by atomic mass is 9.94. The van der Waals surface area contributed by atoms with Crippen LogP contribution in [0.15, 0.2) is 30.3 Å². The van der Waals surface area contributed by atoms with Gasteiger partial charge in [-0.05, 0) is 55.3 Å². The zero-order chi connectivity index (χ0) is 17.4. The van der Waals surface area contributed by atoms with Crippen LogP contribution >= 0.6 is 0 Å². The van der Waals surface area contributed by atoms with Crippen molar-refractivity contribution in [1.82, 2.24) is 15.3 Å². The topological polar surface area (TPSA) is 79.0 Å². The molecule has 4 rings (SSSR count). The molecule has 0 atom stereocenters. The van der Waals surface area contributed by atoms with Crippen molar-refractivity contribution in [2.45, 2.75) is 19.9 Å². The number of benzene rings is 2. The Balaban J connectivity index is 1.66. The fraction of sp³-hybridized carbons (Fsp3) is 0.263. The quantitative estimate of drug-likeness (QED) is 0.687. The monoisotopic (exact) mass is 336 g/mol. The lowest BCUT2D eigenvalue weighted by Gasteiger charge is -2.22. The summed E-state index contributed by atoms with van der Waals surface area (Å²) in [6, 6.07) is 9.63. The molecule has 1 aliphatic rings. The number of aryl methyl sites for hydroxylation is 1. The molecule has 6 heteroatoms. The van der Waals surface area contributed by atoms with E-state index in [-0.39, 0.29) is 5.91 Å². The predicted octanol–water partition coefficient (Wildman–Crippen LogP) is 2.78. The Morgan fingerprint density at radius 2 is 2.12 bits per heavy atom. The van der Waals surface area contributed by atoms with Crippen LogP contribution in [0, 0.1) is 6.92 Å². The highest BCUT2D eigenvalue weighted by Crippen LogP contribution is 2.28. The summed E-state index contributed by atoms with van der Waals surface area (Å²) >= 11 is 0. The number of ether oxygens (including phenoxy) is 1. The highest BCUT2D eigenvalue weighted by Gasteiger charge is 2.21. The minimum absolute atomic E-state index is 0.156. The molecular weight excluding hydrogens is 316 g/mol. The molecule has 2 aromatic carbocycles. The first-order chi connectivity index (χ1) is 12.2. The van der Waals surface area contributed by atoms with Gasteiger partial charge >= 0.3 is 0 Å². The van der Waals surface area contributed by atoms with Gasteiger partial charge in [-0.2, -0.15) is 0 Å². The zero-order valence-corrected chi connectivity index (χ0v) is 14.3. The molecule has 1 aliphatic heterocycles. The van der Waals surface area contributed by atoms with Gasteiger partial charge in [-0.15, -0.1) is 0 Å². The lowest BCUT2D eigenvalue weighted by Crippen LogP contribution is -2.27. The van der Waals surface area contributed by atoms with Crippen LogP contribution in [0.2, 0.25) is 0 Å². The maximum Gasteiger partial charge on any atom is 0.258 e. The fourth-order valence-corrected chi connectivity index (χ4v) is 3.34. The molecule has 0 aliphatic carbocycles. The molecule has 0 radical (unpaired) electrons. The van der Waals surface area contributed by atoms with Crippen molar-refractivity contribution in [3.8, 4) is 5.75 Å². The number of carbonyl (C=O) groups excluding carboxylic acids is 1. The average molecular weight is 336 g/mol. The Morgan fingerprint density at radius 1 is 1.24 bits per heavy atom. The molecule has 1 amide bonds. The average Bonchev–Trinajstić information content (AvgIpc) is 3.01. The highest BCUT2D eigenvalue weighted by atomic mass is 16.5. The largest absolute Gasteiger partial charge is 0.496 e. The van der Waals surface area contributed by atoms with E-state index in [1.54, 1.807) is 7.11 Å². The van der Waals surface area contributed by atoms with Gasteiger partial charge in [0.25, 0.3) is 5.91 Å². The Labute approximate surface area is 145 Å². The number of anilines is 1. The third-order valence-corrected chi connectivity index (χ3v) is 4.58. The van der Waals surface area contributed by atoms with Crippen LogP contribution in [0.1, 0.15) is 27.0 Å². The number of methoxy groups -OCH3 is 1. The Hall–Kier alpha value is -2.86. The number of H-pyrrole nitrogens is 1. The van der Waals surface area contributed by atoms with Gasteiger partial charge in [0.2, 0.25) is 5.95 Å². The third kappa shape index (κ3) is 2.85. The molecule has 0 unspecified atom stereocenters. The molecule has 2 heterocycles. The molecule has 128 valence electrons. The van der Waals surface area contributed by atoms with Crippen molar-refractivity contribution in [1.29, 1.82) is 0 Å². The van der Waals surface area contributed by atoms with E-state index < -0.39 is 0 Å². The molecule has 0 saturated carbocycles. The third-order valence-electron chi connectivity index (χ3n) is 4.58. The first-order valence-electron chi connectivity index (χ1n) is 8.33. The SMILES string of the molecule is COc1ccc(C(=O)Nc2nc3ccc(C)cc3[nH]2)c2c1CNCC2. The van der Waals surface area contributed by atoms with Crippen molar-refractivity contribution < 1.29 is 9.53 Å². The van der Waals surface area contributed by atoms with Crippen LogP contribution in [0.5, 0.6) is 5.75 Å². The van der Waals surface area contributed by atoms with Crippen molar-refractivity contribution >= 4 is 22.9 Å². The van der Waals surface area contributed by atoms with Crippen LogP contribution in [0.4, 0.5) is 5.95 Å². The smallest absolute Gasteiger partial charge is 0.258 e. The number of amides is 1. The minimum atomic E-state index is -0.156.